The van der Waals surface area contributed by atoms with Crippen molar-refractivity contribution in [2.75, 3.05) is 13.2 Å². The van der Waals surface area contributed by atoms with Gasteiger partial charge in [0.25, 0.3) is 0 Å². The van der Waals surface area contributed by atoms with Crippen molar-refractivity contribution in [3.05, 3.63) is 131 Å². The van der Waals surface area contributed by atoms with Crippen LogP contribution in [-0.2, 0) is 52.0 Å². The number of benzene rings is 4. The average Bonchev–Trinajstić information content (AvgIpc) is 3.06. The van der Waals surface area contributed by atoms with Crippen LogP contribution in [0.3, 0.4) is 0 Å². The molecule has 4 aromatic rings. The van der Waals surface area contributed by atoms with Crippen molar-refractivity contribution in [2.24, 2.45) is 0 Å². The topological polar surface area (TPSA) is 145 Å². The Morgan fingerprint density at radius 1 is 0.542 bits per heavy atom. The summed E-state index contributed by atoms with van der Waals surface area (Å²) in [6, 6.07) is 28.3. The molecular weight excluding hydrogens is 653 g/mol. The number of carbonyl (C=O) groups is 2. The first-order valence-electron chi connectivity index (χ1n) is 15.5. The highest BCUT2D eigenvalue weighted by atomic mass is 32.2. The molecule has 0 aliphatic rings. The number of sulfonamides is 2. The molecule has 0 aliphatic carbocycles. The maximum absolute atomic E-state index is 13.1. The van der Waals surface area contributed by atoms with Crippen molar-refractivity contribution in [3.63, 3.8) is 0 Å². The molecule has 0 heterocycles. The molecular formula is C36H40N2O8S2. The number of nitrogens with one attached hydrogen (secondary N) is 2. The molecule has 0 aliphatic heterocycles. The van der Waals surface area contributed by atoms with Crippen molar-refractivity contribution in [2.45, 2.75) is 61.4 Å². The number of hydrogen-bond acceptors (Lipinski definition) is 8. The van der Waals surface area contributed by atoms with Gasteiger partial charge in [0.15, 0.2) is 0 Å². The van der Waals surface area contributed by atoms with Gasteiger partial charge < -0.3 is 9.47 Å². The summed E-state index contributed by atoms with van der Waals surface area (Å²) in [5.41, 5.74) is 3.30. The smallest absolute Gasteiger partial charge is 0.324 e. The van der Waals surface area contributed by atoms with Crippen LogP contribution >= 0.6 is 0 Å². The third-order valence-corrected chi connectivity index (χ3v) is 10.4. The second kappa shape index (κ2) is 17.2. The van der Waals surface area contributed by atoms with Gasteiger partial charge in [-0.15, -0.1) is 0 Å². The normalized spacial score (nSPS) is 13.0. The van der Waals surface area contributed by atoms with E-state index in [0.29, 0.717) is 12.8 Å². The first-order chi connectivity index (χ1) is 22.9. The van der Waals surface area contributed by atoms with Crippen LogP contribution in [0.15, 0.2) is 119 Å². The highest BCUT2D eigenvalue weighted by Gasteiger charge is 2.29. The molecule has 0 bridgehead atoms. The van der Waals surface area contributed by atoms with E-state index >= 15 is 0 Å². The Morgan fingerprint density at radius 3 is 1.21 bits per heavy atom. The number of unbranched alkanes of at least 4 members (excludes halogenated alkanes) is 1. The van der Waals surface area contributed by atoms with E-state index in [1.807, 2.05) is 26.0 Å². The zero-order valence-corrected chi connectivity index (χ0v) is 28.5. The van der Waals surface area contributed by atoms with Crippen LogP contribution in [0.1, 0.15) is 35.1 Å². The van der Waals surface area contributed by atoms with Crippen LogP contribution in [0.4, 0.5) is 0 Å². The molecule has 12 heteroatoms. The second-order valence-electron chi connectivity index (χ2n) is 11.4. The van der Waals surface area contributed by atoms with Gasteiger partial charge in [0, 0.05) is 0 Å². The first-order valence-corrected chi connectivity index (χ1v) is 18.5. The maximum Gasteiger partial charge on any atom is 0.324 e. The van der Waals surface area contributed by atoms with Gasteiger partial charge in [-0.2, -0.15) is 9.44 Å². The van der Waals surface area contributed by atoms with E-state index in [1.165, 1.54) is 24.3 Å². The Balaban J connectivity index is 1.32. The molecule has 0 saturated heterocycles. The molecule has 0 radical (unpaired) electrons. The van der Waals surface area contributed by atoms with E-state index < -0.39 is 44.1 Å². The van der Waals surface area contributed by atoms with E-state index in [0.717, 1.165) is 22.3 Å². The van der Waals surface area contributed by atoms with Gasteiger partial charge in [-0.25, -0.2) is 16.8 Å². The number of ether oxygens (including phenoxy) is 2. The summed E-state index contributed by atoms with van der Waals surface area (Å²) in [7, 11) is -8.02. The minimum Gasteiger partial charge on any atom is -0.464 e. The van der Waals surface area contributed by atoms with Crippen molar-refractivity contribution >= 4 is 32.0 Å². The third-order valence-electron chi connectivity index (χ3n) is 7.42. The number of aryl methyl sites for hydroxylation is 2. The minimum atomic E-state index is -4.01. The van der Waals surface area contributed by atoms with Gasteiger partial charge in [0.05, 0.1) is 23.0 Å². The van der Waals surface area contributed by atoms with Crippen LogP contribution in [-0.4, -0.2) is 54.1 Å². The molecule has 2 atom stereocenters. The van der Waals surface area contributed by atoms with Crippen LogP contribution in [0.2, 0.25) is 0 Å². The van der Waals surface area contributed by atoms with Crippen molar-refractivity contribution in [3.8, 4) is 0 Å². The summed E-state index contributed by atoms with van der Waals surface area (Å²) in [4.78, 5) is 26.2. The highest BCUT2D eigenvalue weighted by molar-refractivity contribution is 7.89. The van der Waals surface area contributed by atoms with Crippen LogP contribution < -0.4 is 9.44 Å². The lowest BCUT2D eigenvalue weighted by molar-refractivity contribution is -0.148. The molecule has 4 rings (SSSR count). The van der Waals surface area contributed by atoms with E-state index in [2.05, 4.69) is 9.44 Å². The first kappa shape index (κ1) is 36.5. The van der Waals surface area contributed by atoms with E-state index in [9.17, 15) is 26.4 Å². The average molecular weight is 693 g/mol. The molecule has 10 nitrogen and oxygen atoms in total. The SMILES string of the molecule is Cc1ccc(S(=O)(=O)N[C@@H](Cc2ccccc2)C(=O)OCCCCOC(=O)[C@H](Cc2ccccc2)NS(=O)(=O)c2ccc(C)cc2)cc1. The summed E-state index contributed by atoms with van der Waals surface area (Å²) in [5, 5.41) is 0. The minimum absolute atomic E-state index is 0.0347. The summed E-state index contributed by atoms with van der Waals surface area (Å²) >= 11 is 0. The Labute approximate surface area is 282 Å². The molecule has 0 aromatic heterocycles. The van der Waals surface area contributed by atoms with Crippen molar-refractivity contribution in [1.29, 1.82) is 0 Å². The van der Waals surface area contributed by atoms with Crippen LogP contribution in [0.5, 0.6) is 0 Å². The van der Waals surface area contributed by atoms with Crippen LogP contribution in [0, 0.1) is 13.8 Å². The molecule has 0 saturated carbocycles. The molecule has 4 aromatic carbocycles. The van der Waals surface area contributed by atoms with Crippen molar-refractivity contribution < 1.29 is 35.9 Å². The largest absolute Gasteiger partial charge is 0.464 e. The standard InChI is InChI=1S/C36H40N2O8S2/c1-27-15-19-31(20-16-27)47(41,42)37-33(25-29-11-5-3-6-12-29)35(39)45-23-9-10-24-46-36(40)34(26-30-13-7-4-8-14-30)38-48(43,44)32-21-17-28(2)18-22-32/h3-8,11-22,33-34,37-38H,9-10,23-26H2,1-2H3/t33-,34-/m0/s1. The lowest BCUT2D eigenvalue weighted by Crippen LogP contribution is -2.43. The lowest BCUT2D eigenvalue weighted by Gasteiger charge is -2.19. The van der Waals surface area contributed by atoms with E-state index in [4.69, 9.17) is 9.47 Å². The number of rotatable bonds is 17. The van der Waals surface area contributed by atoms with Gasteiger partial charge >= 0.3 is 11.9 Å². The van der Waals surface area contributed by atoms with Gasteiger partial charge in [0.1, 0.15) is 12.1 Å². The summed E-state index contributed by atoms with van der Waals surface area (Å²) in [5.74, 6) is -1.47. The Kier molecular flexibility index (Phi) is 13.0. The van der Waals surface area contributed by atoms with E-state index in [-0.39, 0.29) is 35.8 Å². The van der Waals surface area contributed by atoms with Gasteiger partial charge in [-0.3, -0.25) is 9.59 Å². The maximum atomic E-state index is 13.1. The quantitative estimate of drug-likeness (QED) is 0.120. The Hall–Kier alpha value is -4.36. The molecule has 254 valence electrons. The summed E-state index contributed by atoms with van der Waals surface area (Å²) < 4.78 is 68.1. The molecule has 0 fully saturated rings. The van der Waals surface area contributed by atoms with Gasteiger partial charge in [-0.05, 0) is 74.9 Å². The molecule has 0 unspecified atom stereocenters. The predicted molar refractivity (Wildman–Crippen MR) is 182 cm³/mol. The second-order valence-corrected chi connectivity index (χ2v) is 14.8. The Bertz CT molecular complexity index is 1710. The number of esters is 2. The fourth-order valence-corrected chi connectivity index (χ4v) is 7.11. The third kappa shape index (κ3) is 11.1. The highest BCUT2D eigenvalue weighted by Crippen LogP contribution is 2.15. The molecule has 2 N–H and O–H groups in total. The summed E-state index contributed by atoms with van der Waals surface area (Å²) in [6.45, 7) is 3.61. The monoisotopic (exact) mass is 692 g/mol. The molecule has 0 spiro atoms. The number of carbonyl (C=O) groups excluding carboxylic acids is 2. The molecule has 0 amide bonds. The number of hydrogen-bond donors (Lipinski definition) is 2. The fraction of sp³-hybridized carbons (Fsp3) is 0.278. The van der Waals surface area contributed by atoms with Crippen molar-refractivity contribution in [1.82, 2.24) is 9.44 Å². The summed E-state index contributed by atoms with van der Waals surface area (Å²) in [6.07, 6.45) is 0.813. The zero-order valence-electron chi connectivity index (χ0n) is 26.9. The Morgan fingerprint density at radius 2 is 0.875 bits per heavy atom. The van der Waals surface area contributed by atoms with Gasteiger partial charge in [0.2, 0.25) is 20.0 Å². The zero-order chi connectivity index (χ0) is 34.6. The lowest BCUT2D eigenvalue weighted by atomic mass is 10.1. The van der Waals surface area contributed by atoms with Gasteiger partial charge in [-0.1, -0.05) is 96.1 Å². The van der Waals surface area contributed by atoms with Crippen LogP contribution in [0.25, 0.3) is 0 Å². The fourth-order valence-electron chi connectivity index (χ4n) is 4.74. The van der Waals surface area contributed by atoms with E-state index in [1.54, 1.807) is 72.8 Å². The molecule has 48 heavy (non-hydrogen) atoms. The predicted octanol–water partition coefficient (Wildman–Crippen LogP) is 4.65.